The highest BCUT2D eigenvalue weighted by Gasteiger charge is 2.30. The summed E-state index contributed by atoms with van der Waals surface area (Å²) in [5.41, 5.74) is 0.927. The van der Waals surface area contributed by atoms with Gasteiger partial charge in [0.15, 0.2) is 0 Å². The van der Waals surface area contributed by atoms with Crippen LogP contribution in [0.2, 0.25) is 4.34 Å². The number of hydrogen-bond acceptors (Lipinski definition) is 6. The maximum Gasteiger partial charge on any atom is 0.252 e. The lowest BCUT2D eigenvalue weighted by atomic mass is 10.0. The largest absolute Gasteiger partial charge is 0.467 e. The summed E-state index contributed by atoms with van der Waals surface area (Å²) in [6, 6.07) is 16.0. The van der Waals surface area contributed by atoms with E-state index in [0.29, 0.717) is 36.3 Å². The molecule has 10 heteroatoms. The molecule has 0 radical (unpaired) electrons. The number of halogens is 1. The van der Waals surface area contributed by atoms with Crippen LogP contribution in [0.1, 0.15) is 17.4 Å². The highest BCUT2D eigenvalue weighted by Crippen LogP contribution is 2.28. The molecule has 0 bridgehead atoms. The zero-order valence-corrected chi connectivity index (χ0v) is 19.0. The van der Waals surface area contributed by atoms with Crippen molar-refractivity contribution in [1.29, 1.82) is 0 Å². The molecule has 1 aromatic carbocycles. The molecule has 2 aromatic heterocycles. The molecule has 31 heavy (non-hydrogen) atoms. The fourth-order valence-electron chi connectivity index (χ4n) is 3.52. The lowest BCUT2D eigenvalue weighted by Crippen LogP contribution is -2.51. The van der Waals surface area contributed by atoms with E-state index in [0.717, 1.165) is 16.9 Å². The van der Waals surface area contributed by atoms with Crippen molar-refractivity contribution in [2.75, 3.05) is 32.7 Å². The molecule has 1 N–H and O–H groups in total. The highest BCUT2D eigenvalue weighted by atomic mass is 35.5. The molecule has 0 aliphatic carbocycles. The van der Waals surface area contributed by atoms with Crippen LogP contribution in [-0.4, -0.2) is 56.3 Å². The molecule has 1 aliphatic heterocycles. The number of thiophene rings is 1. The number of furan rings is 1. The summed E-state index contributed by atoms with van der Waals surface area (Å²) in [5.74, 6) is 0.511. The Labute approximate surface area is 190 Å². The number of nitrogens with one attached hydrogen (secondary N) is 1. The van der Waals surface area contributed by atoms with Gasteiger partial charge in [0.1, 0.15) is 16.0 Å². The summed E-state index contributed by atoms with van der Waals surface area (Å²) in [6.07, 6.45) is 1.58. The molecule has 0 saturated carbocycles. The quantitative estimate of drug-likeness (QED) is 0.562. The van der Waals surface area contributed by atoms with Crippen molar-refractivity contribution >= 4 is 38.9 Å². The van der Waals surface area contributed by atoms with Gasteiger partial charge in [-0.2, -0.15) is 4.31 Å². The van der Waals surface area contributed by atoms with Crippen LogP contribution in [0.25, 0.3) is 0 Å². The molecule has 4 rings (SSSR count). The third-order valence-electron chi connectivity index (χ3n) is 5.11. The molecule has 0 unspecified atom stereocenters. The van der Waals surface area contributed by atoms with Crippen LogP contribution in [0, 0.1) is 0 Å². The molecular formula is C21H22ClN3O4S2. The molecule has 7 nitrogen and oxygen atoms in total. The van der Waals surface area contributed by atoms with Gasteiger partial charge in [-0.1, -0.05) is 41.9 Å². The molecule has 3 aromatic rings. The minimum absolute atomic E-state index is 0.147. The van der Waals surface area contributed by atoms with E-state index in [2.05, 4.69) is 5.32 Å². The van der Waals surface area contributed by atoms with Crippen LogP contribution >= 0.6 is 22.9 Å². The molecule has 1 aliphatic rings. The van der Waals surface area contributed by atoms with Crippen LogP contribution in [0.4, 0.5) is 0 Å². The van der Waals surface area contributed by atoms with Gasteiger partial charge in [0.2, 0.25) is 5.91 Å². The highest BCUT2D eigenvalue weighted by molar-refractivity contribution is 7.91. The van der Waals surface area contributed by atoms with Gasteiger partial charge < -0.3 is 9.73 Å². The minimum Gasteiger partial charge on any atom is -0.467 e. The summed E-state index contributed by atoms with van der Waals surface area (Å²) in [4.78, 5) is 14.7. The summed E-state index contributed by atoms with van der Waals surface area (Å²) in [5, 5.41) is 3.03. The van der Waals surface area contributed by atoms with E-state index in [1.165, 1.54) is 10.4 Å². The Morgan fingerprint density at radius 1 is 1.06 bits per heavy atom. The summed E-state index contributed by atoms with van der Waals surface area (Å²) < 4.78 is 33.1. The smallest absolute Gasteiger partial charge is 0.252 e. The number of amides is 1. The predicted molar refractivity (Wildman–Crippen MR) is 120 cm³/mol. The van der Waals surface area contributed by atoms with Crippen molar-refractivity contribution in [2.24, 2.45) is 0 Å². The lowest BCUT2D eigenvalue weighted by Gasteiger charge is -2.33. The number of piperazine rings is 1. The van der Waals surface area contributed by atoms with Crippen LogP contribution in [-0.2, 0) is 14.8 Å². The summed E-state index contributed by atoms with van der Waals surface area (Å²) in [7, 11) is -3.55. The number of sulfonamides is 1. The van der Waals surface area contributed by atoms with Gasteiger partial charge in [-0.3, -0.25) is 9.69 Å². The van der Waals surface area contributed by atoms with Crippen LogP contribution in [0.15, 0.2) is 69.5 Å². The Balaban J connectivity index is 1.35. The van der Waals surface area contributed by atoms with E-state index in [9.17, 15) is 13.2 Å². The number of carbonyl (C=O) groups excluding carboxylic acids is 1. The van der Waals surface area contributed by atoms with Crippen molar-refractivity contribution in [3.8, 4) is 0 Å². The Hall–Kier alpha value is -2.17. The molecule has 3 heterocycles. The second-order valence-corrected chi connectivity index (χ2v) is 11.0. The molecule has 1 amide bonds. The molecule has 1 fully saturated rings. The SMILES string of the molecule is O=C(CN1CCN(S(=O)(=O)c2ccc(Cl)s2)CC1)N[C@@H](c1ccccc1)c1ccco1. The van der Waals surface area contributed by atoms with E-state index >= 15 is 0 Å². The predicted octanol–water partition coefficient (Wildman–Crippen LogP) is 3.21. The maximum atomic E-state index is 12.8. The van der Waals surface area contributed by atoms with E-state index in [-0.39, 0.29) is 22.7 Å². The first-order valence-electron chi connectivity index (χ1n) is 9.79. The normalized spacial score (nSPS) is 16.8. The number of rotatable bonds is 7. The fourth-order valence-corrected chi connectivity index (χ4v) is 6.58. The average molecular weight is 480 g/mol. The second kappa shape index (κ2) is 9.54. The summed E-state index contributed by atoms with van der Waals surface area (Å²) in [6.45, 7) is 1.78. The van der Waals surface area contributed by atoms with Gasteiger partial charge in [-0.15, -0.1) is 11.3 Å². The number of nitrogens with zero attached hydrogens (tertiary/aromatic N) is 2. The van der Waals surface area contributed by atoms with Gasteiger partial charge in [-0.25, -0.2) is 8.42 Å². The topological polar surface area (TPSA) is 82.9 Å². The minimum atomic E-state index is -3.55. The third-order valence-corrected chi connectivity index (χ3v) is 8.70. The van der Waals surface area contributed by atoms with E-state index < -0.39 is 10.0 Å². The number of hydrogen-bond donors (Lipinski definition) is 1. The average Bonchev–Trinajstić information content (AvgIpc) is 3.45. The second-order valence-electron chi connectivity index (χ2n) is 7.17. The Morgan fingerprint density at radius 3 is 2.42 bits per heavy atom. The summed E-state index contributed by atoms with van der Waals surface area (Å²) >= 11 is 6.94. The Bertz CT molecular complexity index is 1110. The van der Waals surface area contributed by atoms with E-state index in [1.54, 1.807) is 18.4 Å². The van der Waals surface area contributed by atoms with Gasteiger partial charge >= 0.3 is 0 Å². The first-order chi connectivity index (χ1) is 14.9. The van der Waals surface area contributed by atoms with Gasteiger partial charge in [0.25, 0.3) is 10.0 Å². The van der Waals surface area contributed by atoms with Crippen molar-refractivity contribution in [3.05, 3.63) is 76.5 Å². The van der Waals surface area contributed by atoms with Gasteiger partial charge in [-0.05, 0) is 29.8 Å². The van der Waals surface area contributed by atoms with Gasteiger partial charge in [0, 0.05) is 26.2 Å². The number of benzene rings is 1. The van der Waals surface area contributed by atoms with Crippen LogP contribution < -0.4 is 5.32 Å². The zero-order chi connectivity index (χ0) is 21.8. The Kier molecular flexibility index (Phi) is 6.78. The molecule has 1 saturated heterocycles. The van der Waals surface area contributed by atoms with Gasteiger partial charge in [0.05, 0.1) is 17.1 Å². The fraction of sp³-hybridized carbons (Fsp3) is 0.286. The van der Waals surface area contributed by atoms with Crippen LogP contribution in [0.5, 0.6) is 0 Å². The van der Waals surface area contributed by atoms with Crippen molar-refractivity contribution < 1.29 is 17.6 Å². The molecule has 0 spiro atoms. The van der Waals surface area contributed by atoms with E-state index in [1.807, 2.05) is 41.3 Å². The molecule has 164 valence electrons. The first kappa shape index (κ1) is 22.0. The van der Waals surface area contributed by atoms with Crippen molar-refractivity contribution in [1.82, 2.24) is 14.5 Å². The Morgan fingerprint density at radius 2 is 1.81 bits per heavy atom. The van der Waals surface area contributed by atoms with Crippen molar-refractivity contribution in [2.45, 2.75) is 10.3 Å². The third kappa shape index (κ3) is 5.19. The molecular weight excluding hydrogens is 458 g/mol. The first-order valence-corrected chi connectivity index (χ1v) is 12.4. The van der Waals surface area contributed by atoms with E-state index in [4.69, 9.17) is 16.0 Å². The number of carbonyl (C=O) groups is 1. The standard InChI is InChI=1S/C21H22ClN3O4S2/c22-18-8-9-20(30-18)31(27,28)25-12-10-24(11-13-25)15-19(26)23-21(17-7-4-14-29-17)16-5-2-1-3-6-16/h1-9,14,21H,10-13,15H2,(H,23,26)/t21-/m0/s1. The van der Waals surface area contributed by atoms with Crippen LogP contribution in [0.3, 0.4) is 0 Å². The lowest BCUT2D eigenvalue weighted by molar-refractivity contribution is -0.123. The molecule has 1 atom stereocenters. The monoisotopic (exact) mass is 479 g/mol. The maximum absolute atomic E-state index is 12.8. The zero-order valence-electron chi connectivity index (χ0n) is 16.6. The van der Waals surface area contributed by atoms with Crippen molar-refractivity contribution in [3.63, 3.8) is 0 Å².